The van der Waals surface area contributed by atoms with E-state index in [4.69, 9.17) is 15.2 Å². The molecule has 1 atom stereocenters. The summed E-state index contributed by atoms with van der Waals surface area (Å²) >= 11 is 0. The summed E-state index contributed by atoms with van der Waals surface area (Å²) in [6, 6.07) is 0. The summed E-state index contributed by atoms with van der Waals surface area (Å²) in [7, 11) is 0. The fourth-order valence-corrected chi connectivity index (χ4v) is 2.43. The third kappa shape index (κ3) is 2.38. The molecule has 2 heterocycles. The van der Waals surface area contributed by atoms with Crippen molar-refractivity contribution in [1.29, 1.82) is 0 Å². The van der Waals surface area contributed by atoms with E-state index in [9.17, 15) is 9.90 Å². The van der Waals surface area contributed by atoms with Crippen LogP contribution in [-0.2, 0) is 14.3 Å². The number of hydrogen-bond acceptors (Lipinski definition) is 5. The zero-order valence-corrected chi connectivity index (χ0v) is 11.0. The van der Waals surface area contributed by atoms with Gasteiger partial charge in [0, 0.05) is 13.0 Å². The molecule has 0 aromatic carbocycles. The number of amides is 1. The van der Waals surface area contributed by atoms with Crippen LogP contribution in [0, 0.1) is 5.92 Å². The van der Waals surface area contributed by atoms with Gasteiger partial charge in [0.2, 0.25) is 5.91 Å². The molecule has 2 aliphatic rings. The molecule has 6 nitrogen and oxygen atoms in total. The predicted octanol–water partition coefficient (Wildman–Crippen LogP) is -0.692. The Bertz CT molecular complexity index is 322. The minimum absolute atomic E-state index is 0.0198. The molecule has 104 valence electrons. The summed E-state index contributed by atoms with van der Waals surface area (Å²) in [6.07, 6.45) is 0.446. The van der Waals surface area contributed by atoms with Crippen molar-refractivity contribution in [3.8, 4) is 0 Å². The second-order valence-electron chi connectivity index (χ2n) is 5.67. The van der Waals surface area contributed by atoms with Gasteiger partial charge in [-0.05, 0) is 26.3 Å². The van der Waals surface area contributed by atoms with Gasteiger partial charge in [0.1, 0.15) is 5.54 Å². The molecule has 0 aliphatic carbocycles. The molecule has 6 heteroatoms. The normalized spacial score (nSPS) is 30.8. The zero-order chi connectivity index (χ0) is 13.4. The number of carbonyl (C=O) groups is 1. The molecule has 0 bridgehead atoms. The monoisotopic (exact) mass is 258 g/mol. The Kier molecular flexibility index (Phi) is 3.64. The van der Waals surface area contributed by atoms with Gasteiger partial charge in [0.05, 0.1) is 19.8 Å². The van der Waals surface area contributed by atoms with Crippen molar-refractivity contribution in [3.05, 3.63) is 0 Å². The number of likely N-dealkylation sites (tertiary alicyclic amines) is 1. The Hall–Kier alpha value is -0.690. The van der Waals surface area contributed by atoms with Crippen LogP contribution in [0.2, 0.25) is 0 Å². The molecule has 1 amide bonds. The van der Waals surface area contributed by atoms with Crippen molar-refractivity contribution < 1.29 is 19.4 Å². The maximum absolute atomic E-state index is 12.0. The molecule has 0 spiro atoms. The fourth-order valence-electron chi connectivity index (χ4n) is 2.43. The van der Waals surface area contributed by atoms with Crippen LogP contribution in [0.1, 0.15) is 20.3 Å². The van der Waals surface area contributed by atoms with Crippen molar-refractivity contribution >= 4 is 5.91 Å². The topological polar surface area (TPSA) is 85.0 Å². The van der Waals surface area contributed by atoms with Crippen molar-refractivity contribution in [2.75, 3.05) is 32.9 Å². The first kappa shape index (κ1) is 13.7. The molecule has 2 saturated heterocycles. The average Bonchev–Trinajstić information content (AvgIpc) is 2.72. The lowest BCUT2D eigenvalue weighted by atomic mass is 9.99. The van der Waals surface area contributed by atoms with Gasteiger partial charge < -0.3 is 25.2 Å². The van der Waals surface area contributed by atoms with Crippen LogP contribution in [0.3, 0.4) is 0 Å². The van der Waals surface area contributed by atoms with Crippen LogP contribution in [0.4, 0.5) is 0 Å². The summed E-state index contributed by atoms with van der Waals surface area (Å²) in [5.41, 5.74) is 4.86. The Morgan fingerprint density at radius 2 is 2.06 bits per heavy atom. The molecule has 0 aromatic heterocycles. The number of carbonyl (C=O) groups excluding carboxylic acids is 1. The van der Waals surface area contributed by atoms with Gasteiger partial charge in [-0.25, -0.2) is 0 Å². The van der Waals surface area contributed by atoms with E-state index in [1.165, 1.54) is 0 Å². The molecule has 1 unspecified atom stereocenters. The summed E-state index contributed by atoms with van der Waals surface area (Å²) in [4.78, 5) is 13.7. The lowest BCUT2D eigenvalue weighted by Crippen LogP contribution is -2.63. The van der Waals surface area contributed by atoms with Crippen molar-refractivity contribution in [2.24, 2.45) is 11.7 Å². The first-order valence-corrected chi connectivity index (χ1v) is 6.32. The SMILES string of the molecule is CC1(C)OCC(CO)(N2CC(CN)CC2=O)CO1. The lowest BCUT2D eigenvalue weighted by molar-refractivity contribution is -0.288. The van der Waals surface area contributed by atoms with Gasteiger partial charge in [0.25, 0.3) is 0 Å². The van der Waals surface area contributed by atoms with Gasteiger partial charge >= 0.3 is 0 Å². The van der Waals surface area contributed by atoms with Crippen LogP contribution in [0.15, 0.2) is 0 Å². The van der Waals surface area contributed by atoms with Crippen LogP contribution < -0.4 is 5.73 Å². The van der Waals surface area contributed by atoms with E-state index in [1.54, 1.807) is 4.90 Å². The van der Waals surface area contributed by atoms with Crippen LogP contribution in [-0.4, -0.2) is 60.1 Å². The molecule has 2 fully saturated rings. The summed E-state index contributed by atoms with van der Waals surface area (Å²) in [6.45, 7) is 5.12. The number of aliphatic hydroxyl groups excluding tert-OH is 1. The Morgan fingerprint density at radius 1 is 1.44 bits per heavy atom. The van der Waals surface area contributed by atoms with E-state index >= 15 is 0 Å². The standard InChI is InChI=1S/C12H22N2O4/c1-11(2)17-7-12(6-15,8-18-11)14-5-9(4-13)3-10(14)16/h9,15H,3-8,13H2,1-2H3. The van der Waals surface area contributed by atoms with E-state index in [0.717, 1.165) is 0 Å². The number of ether oxygens (including phenoxy) is 2. The second kappa shape index (κ2) is 4.77. The van der Waals surface area contributed by atoms with Gasteiger partial charge in [-0.2, -0.15) is 0 Å². The maximum atomic E-state index is 12.0. The van der Waals surface area contributed by atoms with Crippen LogP contribution in [0.5, 0.6) is 0 Å². The predicted molar refractivity (Wildman–Crippen MR) is 64.7 cm³/mol. The van der Waals surface area contributed by atoms with Crippen molar-refractivity contribution in [2.45, 2.75) is 31.6 Å². The highest BCUT2D eigenvalue weighted by atomic mass is 16.7. The maximum Gasteiger partial charge on any atom is 0.223 e. The fraction of sp³-hybridized carbons (Fsp3) is 0.917. The van der Waals surface area contributed by atoms with E-state index < -0.39 is 11.3 Å². The Balaban J connectivity index is 2.12. The number of nitrogens with zero attached hydrogens (tertiary/aromatic N) is 1. The highest BCUT2D eigenvalue weighted by Crippen LogP contribution is 2.32. The average molecular weight is 258 g/mol. The minimum Gasteiger partial charge on any atom is -0.394 e. The summed E-state index contributed by atoms with van der Waals surface area (Å²) in [5.74, 6) is -0.475. The first-order chi connectivity index (χ1) is 8.42. The Labute approximate surface area is 107 Å². The molecule has 3 N–H and O–H groups in total. The highest BCUT2D eigenvalue weighted by Gasteiger charge is 2.48. The number of hydrogen-bond donors (Lipinski definition) is 2. The van der Waals surface area contributed by atoms with Crippen molar-refractivity contribution in [3.63, 3.8) is 0 Å². The lowest BCUT2D eigenvalue weighted by Gasteiger charge is -2.47. The molecule has 18 heavy (non-hydrogen) atoms. The highest BCUT2D eigenvalue weighted by molar-refractivity contribution is 5.79. The summed E-state index contributed by atoms with van der Waals surface area (Å²) < 4.78 is 11.2. The Morgan fingerprint density at radius 3 is 2.50 bits per heavy atom. The summed E-state index contributed by atoms with van der Waals surface area (Å²) in [5, 5.41) is 9.66. The number of rotatable bonds is 3. The van der Waals surface area contributed by atoms with Crippen molar-refractivity contribution in [1.82, 2.24) is 4.90 Å². The van der Waals surface area contributed by atoms with Gasteiger partial charge in [-0.1, -0.05) is 0 Å². The van der Waals surface area contributed by atoms with Gasteiger partial charge in [0.15, 0.2) is 5.79 Å². The van der Waals surface area contributed by atoms with Crippen LogP contribution >= 0.6 is 0 Å². The molecular weight excluding hydrogens is 236 g/mol. The molecule has 2 aliphatic heterocycles. The van der Waals surface area contributed by atoms with E-state index in [2.05, 4.69) is 0 Å². The molecular formula is C12H22N2O4. The molecule has 0 saturated carbocycles. The third-order valence-corrected chi connectivity index (χ3v) is 3.78. The van der Waals surface area contributed by atoms with Gasteiger partial charge in [-0.3, -0.25) is 4.79 Å². The quantitative estimate of drug-likeness (QED) is 0.700. The smallest absolute Gasteiger partial charge is 0.223 e. The second-order valence-corrected chi connectivity index (χ2v) is 5.67. The minimum atomic E-state index is -0.753. The van der Waals surface area contributed by atoms with E-state index in [1.807, 2.05) is 13.8 Å². The number of nitrogens with two attached hydrogens (primary N) is 1. The third-order valence-electron chi connectivity index (χ3n) is 3.78. The zero-order valence-electron chi connectivity index (χ0n) is 11.0. The number of aliphatic hydroxyl groups is 1. The van der Waals surface area contributed by atoms with Crippen LogP contribution in [0.25, 0.3) is 0 Å². The van der Waals surface area contributed by atoms with E-state index in [-0.39, 0.29) is 18.4 Å². The molecule has 0 aromatic rings. The van der Waals surface area contributed by atoms with E-state index in [0.29, 0.717) is 32.7 Å². The molecule has 0 radical (unpaired) electrons. The molecule has 2 rings (SSSR count). The largest absolute Gasteiger partial charge is 0.394 e. The van der Waals surface area contributed by atoms with Gasteiger partial charge in [-0.15, -0.1) is 0 Å². The first-order valence-electron chi connectivity index (χ1n) is 6.32.